The summed E-state index contributed by atoms with van der Waals surface area (Å²) in [5.41, 5.74) is 2.23. The van der Waals surface area contributed by atoms with E-state index in [-0.39, 0.29) is 18.7 Å². The van der Waals surface area contributed by atoms with Crippen LogP contribution in [0.2, 0.25) is 0 Å². The van der Waals surface area contributed by atoms with Crippen LogP contribution in [0.3, 0.4) is 0 Å². The van der Waals surface area contributed by atoms with E-state index >= 15 is 0 Å². The van der Waals surface area contributed by atoms with Gasteiger partial charge < -0.3 is 20.5 Å². The summed E-state index contributed by atoms with van der Waals surface area (Å²) >= 11 is 0. The fourth-order valence-corrected chi connectivity index (χ4v) is 2.32. The molecule has 2 amide bonds. The van der Waals surface area contributed by atoms with E-state index in [2.05, 4.69) is 10.6 Å². The number of urea groups is 1. The normalized spacial score (nSPS) is 11.6. The molecular formula is C18H30N2O3. The standard InChI is InChI=1S/C18H30N2O3/c1-6-18(7-2,12-21)20-17(22)19-16-10-8-9-15(14(16)5)11-23-13(3)4/h8-10,13,21H,6-7,11-12H2,1-5H3,(H2,19,20,22). The lowest BCUT2D eigenvalue weighted by Crippen LogP contribution is -2.52. The third kappa shape index (κ3) is 5.52. The molecule has 0 heterocycles. The molecule has 23 heavy (non-hydrogen) atoms. The summed E-state index contributed by atoms with van der Waals surface area (Å²) in [6.07, 6.45) is 1.51. The first kappa shape index (κ1) is 19.5. The second-order valence-corrected chi connectivity index (χ2v) is 6.17. The Morgan fingerprint density at radius 1 is 1.30 bits per heavy atom. The number of hydrogen-bond donors (Lipinski definition) is 3. The monoisotopic (exact) mass is 322 g/mol. The van der Waals surface area contributed by atoms with Crippen LogP contribution in [0, 0.1) is 6.92 Å². The zero-order valence-electron chi connectivity index (χ0n) is 14.9. The molecule has 0 aliphatic carbocycles. The Labute approximate surface area is 139 Å². The predicted molar refractivity (Wildman–Crippen MR) is 93.7 cm³/mol. The average molecular weight is 322 g/mol. The van der Waals surface area contributed by atoms with Crippen LogP contribution in [-0.2, 0) is 11.3 Å². The van der Waals surface area contributed by atoms with Crippen molar-refractivity contribution >= 4 is 11.7 Å². The Balaban J connectivity index is 2.80. The Bertz CT molecular complexity index is 503. The van der Waals surface area contributed by atoms with E-state index in [0.717, 1.165) is 16.8 Å². The lowest BCUT2D eigenvalue weighted by atomic mass is 9.94. The van der Waals surface area contributed by atoms with E-state index in [1.165, 1.54) is 0 Å². The Morgan fingerprint density at radius 2 is 1.96 bits per heavy atom. The summed E-state index contributed by atoms with van der Waals surface area (Å²) in [5, 5.41) is 15.3. The largest absolute Gasteiger partial charge is 0.394 e. The van der Waals surface area contributed by atoms with Gasteiger partial charge in [-0.15, -0.1) is 0 Å². The number of anilines is 1. The maximum atomic E-state index is 12.3. The third-order valence-electron chi connectivity index (χ3n) is 4.30. The molecule has 0 atom stereocenters. The van der Waals surface area contributed by atoms with Crippen LogP contribution in [0.1, 0.15) is 51.7 Å². The van der Waals surface area contributed by atoms with Gasteiger partial charge in [-0.25, -0.2) is 4.79 Å². The molecule has 5 nitrogen and oxygen atoms in total. The molecule has 0 saturated carbocycles. The van der Waals surface area contributed by atoms with Gasteiger partial charge in [-0.3, -0.25) is 0 Å². The molecular weight excluding hydrogens is 292 g/mol. The van der Waals surface area contributed by atoms with Crippen LogP contribution < -0.4 is 10.6 Å². The molecule has 0 radical (unpaired) electrons. The molecule has 0 aliphatic rings. The summed E-state index contributed by atoms with van der Waals surface area (Å²) < 4.78 is 5.64. The van der Waals surface area contributed by atoms with Gasteiger partial charge >= 0.3 is 6.03 Å². The first-order valence-electron chi connectivity index (χ1n) is 8.27. The number of hydrogen-bond acceptors (Lipinski definition) is 3. The van der Waals surface area contributed by atoms with Crippen molar-refractivity contribution in [3.05, 3.63) is 29.3 Å². The van der Waals surface area contributed by atoms with Gasteiger partial charge in [0.1, 0.15) is 0 Å². The van der Waals surface area contributed by atoms with E-state index in [1.807, 2.05) is 52.8 Å². The molecule has 3 N–H and O–H groups in total. The molecule has 5 heteroatoms. The third-order valence-corrected chi connectivity index (χ3v) is 4.30. The van der Waals surface area contributed by atoms with Gasteiger partial charge in [-0.05, 0) is 50.8 Å². The van der Waals surface area contributed by atoms with Gasteiger partial charge in [0.15, 0.2) is 0 Å². The Morgan fingerprint density at radius 3 is 2.48 bits per heavy atom. The summed E-state index contributed by atoms with van der Waals surface area (Å²) in [6.45, 7) is 10.3. The van der Waals surface area contributed by atoms with Gasteiger partial charge in [0.05, 0.1) is 24.9 Å². The highest BCUT2D eigenvalue weighted by atomic mass is 16.5. The van der Waals surface area contributed by atoms with Crippen LogP contribution in [0.15, 0.2) is 18.2 Å². The van der Waals surface area contributed by atoms with Gasteiger partial charge in [-0.2, -0.15) is 0 Å². The van der Waals surface area contributed by atoms with Crippen LogP contribution in [0.25, 0.3) is 0 Å². The van der Waals surface area contributed by atoms with Crippen LogP contribution >= 0.6 is 0 Å². The number of nitrogens with one attached hydrogen (secondary N) is 2. The lowest BCUT2D eigenvalue weighted by molar-refractivity contribution is 0.0654. The quantitative estimate of drug-likeness (QED) is 0.685. The molecule has 0 fully saturated rings. The van der Waals surface area contributed by atoms with Gasteiger partial charge in [0, 0.05) is 5.69 Å². The Hall–Kier alpha value is -1.59. The number of carbonyl (C=O) groups is 1. The van der Waals surface area contributed by atoms with E-state index in [1.54, 1.807) is 0 Å². The molecule has 0 spiro atoms. The predicted octanol–water partition coefficient (Wildman–Crippen LogP) is 3.59. The minimum Gasteiger partial charge on any atom is -0.394 e. The number of amides is 2. The zero-order chi connectivity index (χ0) is 17.5. The first-order valence-corrected chi connectivity index (χ1v) is 8.27. The molecule has 1 rings (SSSR count). The van der Waals surface area contributed by atoms with Crippen molar-refractivity contribution in [2.24, 2.45) is 0 Å². The van der Waals surface area contributed by atoms with E-state index in [0.29, 0.717) is 19.4 Å². The Kier molecular flexibility index (Phi) is 7.52. The van der Waals surface area contributed by atoms with E-state index < -0.39 is 5.54 Å². The summed E-state index contributed by atoms with van der Waals surface area (Å²) in [7, 11) is 0. The number of benzene rings is 1. The number of carbonyl (C=O) groups excluding carboxylic acids is 1. The maximum absolute atomic E-state index is 12.3. The number of rotatable bonds is 8. The van der Waals surface area contributed by atoms with Crippen LogP contribution in [0.4, 0.5) is 10.5 Å². The molecule has 0 unspecified atom stereocenters. The molecule has 1 aromatic carbocycles. The molecule has 130 valence electrons. The number of aliphatic hydroxyl groups is 1. The summed E-state index contributed by atoms with van der Waals surface area (Å²) in [4.78, 5) is 12.3. The lowest BCUT2D eigenvalue weighted by Gasteiger charge is -2.30. The topological polar surface area (TPSA) is 70.6 Å². The highest BCUT2D eigenvalue weighted by molar-refractivity contribution is 5.90. The molecule has 0 aliphatic heterocycles. The van der Waals surface area contributed by atoms with Gasteiger partial charge in [-0.1, -0.05) is 26.0 Å². The number of ether oxygens (including phenoxy) is 1. The van der Waals surface area contributed by atoms with Crippen molar-refractivity contribution in [2.45, 2.75) is 65.7 Å². The second kappa shape index (κ2) is 8.89. The van der Waals surface area contributed by atoms with Crippen LogP contribution in [0.5, 0.6) is 0 Å². The molecule has 0 saturated heterocycles. The van der Waals surface area contributed by atoms with Crippen molar-refractivity contribution in [2.75, 3.05) is 11.9 Å². The van der Waals surface area contributed by atoms with E-state index in [4.69, 9.17) is 4.74 Å². The van der Waals surface area contributed by atoms with Gasteiger partial charge in [0.2, 0.25) is 0 Å². The summed E-state index contributed by atoms with van der Waals surface area (Å²) in [5.74, 6) is 0. The van der Waals surface area contributed by atoms with Crippen molar-refractivity contribution in [3.63, 3.8) is 0 Å². The highest BCUT2D eigenvalue weighted by Crippen LogP contribution is 2.21. The first-order chi connectivity index (χ1) is 10.9. The molecule has 0 aromatic heterocycles. The smallest absolute Gasteiger partial charge is 0.319 e. The van der Waals surface area contributed by atoms with Crippen molar-refractivity contribution in [3.8, 4) is 0 Å². The SMILES string of the molecule is CCC(CC)(CO)NC(=O)Nc1cccc(COC(C)C)c1C. The number of aliphatic hydroxyl groups excluding tert-OH is 1. The van der Waals surface area contributed by atoms with E-state index in [9.17, 15) is 9.90 Å². The zero-order valence-corrected chi connectivity index (χ0v) is 14.9. The fourth-order valence-electron chi connectivity index (χ4n) is 2.32. The van der Waals surface area contributed by atoms with Crippen molar-refractivity contribution in [1.82, 2.24) is 5.32 Å². The van der Waals surface area contributed by atoms with Crippen molar-refractivity contribution in [1.29, 1.82) is 0 Å². The maximum Gasteiger partial charge on any atom is 0.319 e. The molecule has 1 aromatic rings. The summed E-state index contributed by atoms with van der Waals surface area (Å²) in [6, 6.07) is 5.47. The van der Waals surface area contributed by atoms with Crippen LogP contribution in [-0.4, -0.2) is 29.4 Å². The minimum absolute atomic E-state index is 0.0747. The average Bonchev–Trinajstić information content (AvgIpc) is 2.53. The second-order valence-electron chi connectivity index (χ2n) is 6.17. The minimum atomic E-state index is -0.573. The molecule has 0 bridgehead atoms. The van der Waals surface area contributed by atoms with Crippen molar-refractivity contribution < 1.29 is 14.6 Å². The highest BCUT2D eigenvalue weighted by Gasteiger charge is 2.27. The van der Waals surface area contributed by atoms with Gasteiger partial charge in [0.25, 0.3) is 0 Å². The fraction of sp³-hybridized carbons (Fsp3) is 0.611.